The van der Waals surface area contributed by atoms with Crippen LogP contribution in [0.2, 0.25) is 0 Å². The molecule has 0 unspecified atom stereocenters. The second-order valence-electron chi connectivity index (χ2n) is 4.87. The molecule has 0 spiro atoms. The minimum absolute atomic E-state index is 0.0117. The van der Waals surface area contributed by atoms with E-state index >= 15 is 0 Å². The lowest BCUT2D eigenvalue weighted by atomic mass is 10.1. The molecule has 108 valence electrons. The van der Waals surface area contributed by atoms with E-state index in [4.69, 9.17) is 4.74 Å². The third kappa shape index (κ3) is 4.06. The van der Waals surface area contributed by atoms with Crippen LogP contribution in [0.5, 0.6) is 0 Å². The molecule has 2 rings (SSSR count). The maximum atomic E-state index is 11.7. The lowest BCUT2D eigenvalue weighted by Crippen LogP contribution is -2.37. The van der Waals surface area contributed by atoms with Crippen molar-refractivity contribution >= 4 is 11.9 Å². The first-order chi connectivity index (χ1) is 9.69. The van der Waals surface area contributed by atoms with Gasteiger partial charge in [-0.25, -0.2) is 0 Å². The molecule has 5 nitrogen and oxygen atoms in total. The number of hydrogen-bond donors (Lipinski definition) is 1. The molecule has 0 radical (unpaired) electrons. The Morgan fingerprint density at radius 1 is 1.25 bits per heavy atom. The van der Waals surface area contributed by atoms with Crippen molar-refractivity contribution in [1.82, 2.24) is 5.32 Å². The molecule has 5 heteroatoms. The number of esters is 2. The highest BCUT2D eigenvalue weighted by molar-refractivity contribution is 5.76. The van der Waals surface area contributed by atoms with Crippen molar-refractivity contribution in [3.63, 3.8) is 0 Å². The van der Waals surface area contributed by atoms with Crippen molar-refractivity contribution in [2.24, 2.45) is 0 Å². The van der Waals surface area contributed by atoms with E-state index in [2.05, 4.69) is 10.1 Å². The van der Waals surface area contributed by atoms with Crippen LogP contribution in [0.25, 0.3) is 0 Å². The molecule has 1 fully saturated rings. The molecule has 1 saturated heterocycles. The van der Waals surface area contributed by atoms with Gasteiger partial charge in [0.1, 0.15) is 12.6 Å². The summed E-state index contributed by atoms with van der Waals surface area (Å²) in [5, 5.41) is 3.10. The summed E-state index contributed by atoms with van der Waals surface area (Å²) in [6.07, 6.45) is 1.75. The Morgan fingerprint density at radius 3 is 2.70 bits per heavy atom. The van der Waals surface area contributed by atoms with Crippen molar-refractivity contribution in [1.29, 1.82) is 0 Å². The van der Waals surface area contributed by atoms with E-state index < -0.39 is 0 Å². The summed E-state index contributed by atoms with van der Waals surface area (Å²) < 4.78 is 9.89. The average molecular weight is 277 g/mol. The number of hydrogen-bond acceptors (Lipinski definition) is 5. The third-order valence-corrected chi connectivity index (χ3v) is 3.38. The monoisotopic (exact) mass is 277 g/mol. The van der Waals surface area contributed by atoms with Gasteiger partial charge in [-0.3, -0.25) is 9.59 Å². The van der Waals surface area contributed by atoms with Crippen LogP contribution in [0, 0.1) is 0 Å². The molecule has 1 aliphatic rings. The minimum atomic E-state index is -0.299. The number of rotatable bonds is 5. The Balaban J connectivity index is 1.72. The fourth-order valence-corrected chi connectivity index (χ4v) is 2.31. The zero-order valence-corrected chi connectivity index (χ0v) is 11.5. The second-order valence-corrected chi connectivity index (χ2v) is 4.87. The molecule has 0 bridgehead atoms. The Labute approximate surface area is 118 Å². The smallest absolute Gasteiger partial charge is 0.322 e. The number of carbonyl (C=O) groups is 2. The van der Waals surface area contributed by atoms with Crippen LogP contribution in [0.4, 0.5) is 0 Å². The highest BCUT2D eigenvalue weighted by Crippen LogP contribution is 2.16. The van der Waals surface area contributed by atoms with E-state index in [9.17, 15) is 9.59 Å². The predicted molar refractivity (Wildman–Crippen MR) is 72.8 cm³/mol. The van der Waals surface area contributed by atoms with Crippen LogP contribution in [0.1, 0.15) is 24.8 Å². The first-order valence-corrected chi connectivity index (χ1v) is 6.72. The van der Waals surface area contributed by atoms with Gasteiger partial charge in [0.05, 0.1) is 13.5 Å². The second kappa shape index (κ2) is 7.05. The summed E-state index contributed by atoms with van der Waals surface area (Å²) in [4.78, 5) is 23.1. The van der Waals surface area contributed by atoms with Gasteiger partial charge >= 0.3 is 11.9 Å². The third-order valence-electron chi connectivity index (χ3n) is 3.38. The van der Waals surface area contributed by atoms with E-state index in [0.717, 1.165) is 12.0 Å². The van der Waals surface area contributed by atoms with Gasteiger partial charge in [-0.2, -0.15) is 0 Å². The molecule has 0 amide bonds. The molecule has 1 aliphatic heterocycles. The Morgan fingerprint density at radius 2 is 2.00 bits per heavy atom. The van der Waals surface area contributed by atoms with E-state index in [1.807, 2.05) is 30.3 Å². The number of carbonyl (C=O) groups excluding carboxylic acids is 2. The van der Waals surface area contributed by atoms with Crippen molar-refractivity contribution in [2.75, 3.05) is 7.11 Å². The molecule has 1 heterocycles. The van der Waals surface area contributed by atoms with Crippen molar-refractivity contribution in [2.45, 2.75) is 38.0 Å². The zero-order valence-electron chi connectivity index (χ0n) is 11.5. The Hall–Kier alpha value is -1.88. The summed E-state index contributed by atoms with van der Waals surface area (Å²) in [6.45, 7) is 0.285. The maximum absolute atomic E-state index is 11.7. The van der Waals surface area contributed by atoms with Crippen LogP contribution in [-0.2, 0) is 25.7 Å². The van der Waals surface area contributed by atoms with E-state index in [-0.39, 0.29) is 37.0 Å². The first-order valence-electron chi connectivity index (χ1n) is 6.72. The van der Waals surface area contributed by atoms with E-state index in [0.29, 0.717) is 6.42 Å². The summed E-state index contributed by atoms with van der Waals surface area (Å²) in [5.41, 5.74) is 0.965. The van der Waals surface area contributed by atoms with Crippen molar-refractivity contribution < 1.29 is 19.1 Å². The molecule has 20 heavy (non-hydrogen) atoms. The summed E-state index contributed by atoms with van der Waals surface area (Å²) in [6, 6.07) is 9.24. The summed E-state index contributed by atoms with van der Waals surface area (Å²) in [5.74, 6) is -0.526. The molecule has 2 atom stereocenters. The number of methoxy groups -OCH3 is 1. The average Bonchev–Trinajstić information content (AvgIpc) is 2.94. The molecular weight excluding hydrogens is 258 g/mol. The fraction of sp³-hybridized carbons (Fsp3) is 0.467. The molecule has 0 saturated carbocycles. The lowest BCUT2D eigenvalue weighted by Gasteiger charge is -2.12. The van der Waals surface area contributed by atoms with Crippen molar-refractivity contribution in [3.05, 3.63) is 35.9 Å². The van der Waals surface area contributed by atoms with Crippen LogP contribution < -0.4 is 5.32 Å². The highest BCUT2D eigenvalue weighted by Gasteiger charge is 2.31. The lowest BCUT2D eigenvalue weighted by molar-refractivity contribution is -0.146. The molecular formula is C15H19NO4. The molecule has 1 aromatic carbocycles. The molecule has 1 N–H and O–H groups in total. The van der Waals surface area contributed by atoms with Gasteiger partial charge in [0.15, 0.2) is 0 Å². The fourth-order valence-electron chi connectivity index (χ4n) is 2.31. The van der Waals surface area contributed by atoms with Crippen LogP contribution in [0.3, 0.4) is 0 Å². The van der Waals surface area contributed by atoms with Crippen molar-refractivity contribution in [3.8, 4) is 0 Å². The molecule has 1 aromatic rings. The normalized spacial score (nSPS) is 21.4. The SMILES string of the molecule is COC(=O)[C@@H]1CC[C@H](CC(=O)OCc2ccccc2)N1. The number of benzene rings is 1. The molecule has 0 aromatic heterocycles. The van der Waals surface area contributed by atoms with Gasteiger partial charge in [0.2, 0.25) is 0 Å². The quantitative estimate of drug-likeness (QED) is 0.824. The summed E-state index contributed by atoms with van der Waals surface area (Å²) in [7, 11) is 1.37. The van der Waals surface area contributed by atoms with Gasteiger partial charge in [-0.1, -0.05) is 30.3 Å². The minimum Gasteiger partial charge on any atom is -0.468 e. The van der Waals surface area contributed by atoms with Crippen LogP contribution in [0.15, 0.2) is 30.3 Å². The number of ether oxygens (including phenoxy) is 2. The van der Waals surface area contributed by atoms with Gasteiger partial charge in [0.25, 0.3) is 0 Å². The highest BCUT2D eigenvalue weighted by atomic mass is 16.5. The predicted octanol–water partition coefficient (Wildman–Crippen LogP) is 1.41. The van der Waals surface area contributed by atoms with Gasteiger partial charge in [-0.15, -0.1) is 0 Å². The van der Waals surface area contributed by atoms with E-state index in [1.165, 1.54) is 7.11 Å². The maximum Gasteiger partial charge on any atom is 0.322 e. The standard InChI is InChI=1S/C15H19NO4/c1-19-15(18)13-8-7-12(16-13)9-14(17)20-10-11-5-3-2-4-6-11/h2-6,12-13,16H,7-10H2,1H3/t12-,13+/m1/s1. The Kier molecular flexibility index (Phi) is 5.12. The van der Waals surface area contributed by atoms with Gasteiger partial charge in [-0.05, 0) is 18.4 Å². The Bertz CT molecular complexity index is 460. The van der Waals surface area contributed by atoms with Crippen LogP contribution in [-0.4, -0.2) is 31.1 Å². The summed E-state index contributed by atoms with van der Waals surface area (Å²) >= 11 is 0. The molecule has 0 aliphatic carbocycles. The number of nitrogens with one attached hydrogen (secondary N) is 1. The first kappa shape index (κ1) is 14.5. The van der Waals surface area contributed by atoms with Gasteiger partial charge < -0.3 is 14.8 Å². The van der Waals surface area contributed by atoms with Gasteiger partial charge in [0, 0.05) is 6.04 Å². The largest absolute Gasteiger partial charge is 0.468 e. The van der Waals surface area contributed by atoms with Crippen LogP contribution >= 0.6 is 0 Å². The zero-order chi connectivity index (χ0) is 14.4. The topological polar surface area (TPSA) is 64.6 Å². The van der Waals surface area contributed by atoms with E-state index in [1.54, 1.807) is 0 Å².